The summed E-state index contributed by atoms with van der Waals surface area (Å²) in [6, 6.07) is 15.5. The van der Waals surface area contributed by atoms with Gasteiger partial charge >= 0.3 is 0 Å². The summed E-state index contributed by atoms with van der Waals surface area (Å²) in [7, 11) is 3.18. The van der Waals surface area contributed by atoms with Crippen LogP contribution in [-0.4, -0.2) is 30.3 Å². The summed E-state index contributed by atoms with van der Waals surface area (Å²) in [6.07, 6.45) is 0. The van der Waals surface area contributed by atoms with Crippen molar-refractivity contribution in [1.29, 1.82) is 0 Å². The zero-order valence-electron chi connectivity index (χ0n) is 19.4. The van der Waals surface area contributed by atoms with Crippen LogP contribution in [0.25, 0.3) is 11.1 Å². The van der Waals surface area contributed by atoms with Gasteiger partial charge in [-0.2, -0.15) is 0 Å². The maximum Gasteiger partial charge on any atom is 0.263 e. The summed E-state index contributed by atoms with van der Waals surface area (Å²) in [5.41, 5.74) is 4.20. The summed E-state index contributed by atoms with van der Waals surface area (Å²) in [4.78, 5) is 27.0. The lowest BCUT2D eigenvalue weighted by Gasteiger charge is -2.39. The summed E-state index contributed by atoms with van der Waals surface area (Å²) in [5, 5.41) is 3.31. The maximum atomic E-state index is 13.8. The van der Waals surface area contributed by atoms with Crippen molar-refractivity contribution in [3.8, 4) is 16.9 Å². The van der Waals surface area contributed by atoms with E-state index in [2.05, 4.69) is 5.32 Å². The summed E-state index contributed by atoms with van der Waals surface area (Å²) >= 11 is 0. The Kier molecular flexibility index (Phi) is 5.66. The maximum absolute atomic E-state index is 13.8. The normalized spacial score (nSPS) is 14.5. The fourth-order valence-corrected chi connectivity index (χ4v) is 4.29. The number of nitrogens with zero attached hydrogens (tertiary/aromatic N) is 2. The van der Waals surface area contributed by atoms with Gasteiger partial charge < -0.3 is 15.0 Å². The summed E-state index contributed by atoms with van der Waals surface area (Å²) in [5.74, 6) is -0.0598. The number of carbonyl (C=O) groups excluding carboxylic acids is 1. The van der Waals surface area contributed by atoms with E-state index >= 15 is 0 Å². The van der Waals surface area contributed by atoms with Gasteiger partial charge in [-0.3, -0.25) is 4.79 Å². The minimum atomic E-state index is -0.770. The van der Waals surface area contributed by atoms with Gasteiger partial charge in [0, 0.05) is 34.4 Å². The molecular weight excluding hydrogens is 421 g/mol. The van der Waals surface area contributed by atoms with E-state index in [1.165, 1.54) is 19.2 Å². The SMILES string of the molecule is Cc1ccc(F)cc1OCc1c(-c2ccccc2[N+](C)=O)ccc2c1N(C)C(=O)C(C)(C)N2. The van der Waals surface area contributed by atoms with E-state index in [1.54, 1.807) is 30.1 Å². The van der Waals surface area contributed by atoms with Crippen molar-refractivity contribution >= 4 is 23.0 Å². The van der Waals surface area contributed by atoms with Gasteiger partial charge in [-0.25, -0.2) is 4.39 Å². The van der Waals surface area contributed by atoms with Gasteiger partial charge in [0.2, 0.25) is 0 Å². The van der Waals surface area contributed by atoms with Crippen molar-refractivity contribution in [2.45, 2.75) is 32.9 Å². The summed E-state index contributed by atoms with van der Waals surface area (Å²) in [6.45, 7) is 5.59. The van der Waals surface area contributed by atoms with Crippen LogP contribution in [0.2, 0.25) is 0 Å². The molecule has 0 aromatic heterocycles. The predicted octanol–water partition coefficient (Wildman–Crippen LogP) is 5.59. The number of ether oxygens (including phenoxy) is 1. The molecule has 0 saturated carbocycles. The molecule has 0 spiro atoms. The topological polar surface area (TPSA) is 61.7 Å². The van der Waals surface area contributed by atoms with Crippen LogP contribution in [0.1, 0.15) is 25.0 Å². The molecule has 170 valence electrons. The molecule has 0 radical (unpaired) electrons. The van der Waals surface area contributed by atoms with E-state index in [4.69, 9.17) is 4.74 Å². The van der Waals surface area contributed by atoms with Crippen LogP contribution in [0.5, 0.6) is 5.75 Å². The Bertz CT molecular complexity index is 1270. The van der Waals surface area contributed by atoms with Gasteiger partial charge in [-0.05, 0) is 50.1 Å². The van der Waals surface area contributed by atoms with E-state index in [9.17, 15) is 14.1 Å². The van der Waals surface area contributed by atoms with Gasteiger partial charge in [-0.1, -0.05) is 24.3 Å². The molecule has 7 heteroatoms. The average Bonchev–Trinajstić information content (AvgIpc) is 2.77. The van der Waals surface area contributed by atoms with Crippen LogP contribution in [-0.2, 0) is 11.4 Å². The molecule has 0 bridgehead atoms. The Morgan fingerprint density at radius 3 is 2.55 bits per heavy atom. The number of halogens is 1. The van der Waals surface area contributed by atoms with Gasteiger partial charge in [-0.15, -0.1) is 0 Å². The Hall–Kier alpha value is -3.74. The Morgan fingerprint density at radius 1 is 1.09 bits per heavy atom. The van der Waals surface area contributed by atoms with E-state index in [0.717, 1.165) is 32.7 Å². The molecule has 4 rings (SSSR count). The molecule has 0 saturated heterocycles. The molecule has 3 aromatic carbocycles. The minimum Gasteiger partial charge on any atom is -0.488 e. The largest absolute Gasteiger partial charge is 0.488 e. The molecular formula is C26H27FN3O3+. The van der Waals surface area contributed by atoms with Crippen LogP contribution in [0, 0.1) is 17.6 Å². The molecule has 1 aliphatic rings. The standard InChI is InChI=1S/C26H27FN3O3/c1-16-10-11-17(27)14-23(16)33-15-20-18(19-8-6-7-9-22(19)30(5)32)12-13-21-24(20)29(4)25(31)26(2,3)28-21/h6-14,28H,15H2,1-5H3/q+1. The van der Waals surface area contributed by atoms with E-state index < -0.39 is 5.54 Å². The first-order valence-electron chi connectivity index (χ1n) is 10.7. The lowest BCUT2D eigenvalue weighted by atomic mass is 9.91. The van der Waals surface area contributed by atoms with Crippen LogP contribution in [0.3, 0.4) is 0 Å². The second-order valence-corrected chi connectivity index (χ2v) is 8.82. The first-order valence-corrected chi connectivity index (χ1v) is 10.7. The van der Waals surface area contributed by atoms with E-state index in [1.807, 2.05) is 45.0 Å². The Balaban J connectivity index is 1.91. The molecule has 1 aliphatic heterocycles. The van der Waals surface area contributed by atoms with Gasteiger partial charge in [0.15, 0.2) is 7.05 Å². The van der Waals surface area contributed by atoms with E-state index in [-0.39, 0.29) is 18.3 Å². The number of anilines is 2. The third-order valence-corrected chi connectivity index (χ3v) is 5.96. The van der Waals surface area contributed by atoms with Crippen LogP contribution < -0.4 is 15.0 Å². The minimum absolute atomic E-state index is 0.0828. The van der Waals surface area contributed by atoms with Crippen molar-refractivity contribution < 1.29 is 18.7 Å². The fraction of sp³-hybridized carbons (Fsp3) is 0.269. The summed E-state index contributed by atoms with van der Waals surface area (Å²) < 4.78 is 20.7. The molecule has 0 unspecified atom stereocenters. The number of nitroso groups, excluding NO2 is 1. The number of likely N-dealkylation sites (N-methyl/N-ethyl adjacent to an activating group) is 1. The molecule has 1 N–H and O–H groups in total. The van der Waals surface area contributed by atoms with Gasteiger partial charge in [0.25, 0.3) is 11.6 Å². The highest BCUT2D eigenvalue weighted by Crippen LogP contribution is 2.44. The predicted molar refractivity (Wildman–Crippen MR) is 128 cm³/mol. The Labute approximate surface area is 192 Å². The van der Waals surface area contributed by atoms with Gasteiger partial charge in [0.1, 0.15) is 23.7 Å². The van der Waals surface area contributed by atoms with E-state index in [0.29, 0.717) is 17.1 Å². The monoisotopic (exact) mass is 448 g/mol. The first-order chi connectivity index (χ1) is 15.6. The van der Waals surface area contributed by atoms with Crippen molar-refractivity contribution in [2.75, 3.05) is 24.3 Å². The third kappa shape index (κ3) is 4.06. The average molecular weight is 449 g/mol. The quantitative estimate of drug-likeness (QED) is 0.517. The molecule has 3 aromatic rings. The highest BCUT2D eigenvalue weighted by Gasteiger charge is 2.39. The van der Waals surface area contributed by atoms with Crippen molar-refractivity contribution in [1.82, 2.24) is 0 Å². The van der Waals surface area contributed by atoms with Crippen molar-refractivity contribution in [2.24, 2.45) is 0 Å². The first kappa shape index (κ1) is 22.5. The second kappa shape index (κ2) is 8.31. The van der Waals surface area contributed by atoms with Crippen LogP contribution in [0.15, 0.2) is 54.6 Å². The molecule has 0 fully saturated rings. The number of amides is 1. The highest BCUT2D eigenvalue weighted by atomic mass is 19.1. The second-order valence-electron chi connectivity index (χ2n) is 8.82. The number of rotatable bonds is 5. The van der Waals surface area contributed by atoms with Crippen LogP contribution in [0.4, 0.5) is 21.5 Å². The molecule has 1 amide bonds. The zero-order valence-corrected chi connectivity index (χ0v) is 19.4. The number of fused-ring (bicyclic) bond motifs is 1. The number of hydrogen-bond acceptors (Lipinski definition) is 4. The molecule has 0 atom stereocenters. The van der Waals surface area contributed by atoms with Gasteiger partial charge in [0.05, 0.1) is 16.9 Å². The number of carbonyl (C=O) groups is 1. The molecule has 33 heavy (non-hydrogen) atoms. The number of aryl methyl sites for hydroxylation is 1. The van der Waals surface area contributed by atoms with Crippen molar-refractivity contribution in [3.63, 3.8) is 0 Å². The fourth-order valence-electron chi connectivity index (χ4n) is 4.29. The molecule has 1 heterocycles. The third-order valence-electron chi connectivity index (χ3n) is 5.96. The lowest BCUT2D eigenvalue weighted by Crippen LogP contribution is -2.52. The smallest absolute Gasteiger partial charge is 0.263 e. The number of nitrogens with one attached hydrogen (secondary N) is 1. The number of hydrogen-bond donors (Lipinski definition) is 1. The molecule has 6 nitrogen and oxygen atoms in total. The number of benzene rings is 3. The number of para-hydroxylation sites is 1. The molecule has 0 aliphatic carbocycles. The van der Waals surface area contributed by atoms with Crippen molar-refractivity contribution in [3.05, 3.63) is 76.4 Å². The Morgan fingerprint density at radius 2 is 1.82 bits per heavy atom. The highest BCUT2D eigenvalue weighted by molar-refractivity contribution is 6.08. The lowest BCUT2D eigenvalue weighted by molar-refractivity contribution is -0.427. The zero-order chi connectivity index (χ0) is 23.9. The van der Waals surface area contributed by atoms with Crippen LogP contribution >= 0.6 is 0 Å².